The summed E-state index contributed by atoms with van der Waals surface area (Å²) in [6.07, 6.45) is 5.68. The second-order valence-corrected chi connectivity index (χ2v) is 11.1. The molecular formula is C30H34N6OS. The summed E-state index contributed by atoms with van der Waals surface area (Å²) in [5.41, 5.74) is 11.9. The molecule has 2 aromatic carbocycles. The molecule has 38 heavy (non-hydrogen) atoms. The Labute approximate surface area is 227 Å². The van der Waals surface area contributed by atoms with Gasteiger partial charge in [0, 0.05) is 53.4 Å². The third kappa shape index (κ3) is 4.98. The summed E-state index contributed by atoms with van der Waals surface area (Å²) in [6.45, 7) is 6.65. The number of rotatable bonds is 7. The number of piperidine rings is 1. The van der Waals surface area contributed by atoms with E-state index in [2.05, 4.69) is 44.4 Å². The van der Waals surface area contributed by atoms with Gasteiger partial charge in [0.25, 0.3) is 0 Å². The Morgan fingerprint density at radius 1 is 1.05 bits per heavy atom. The lowest BCUT2D eigenvalue weighted by Gasteiger charge is -2.37. The number of thiophene rings is 1. The van der Waals surface area contributed by atoms with Gasteiger partial charge in [-0.05, 0) is 74.7 Å². The van der Waals surface area contributed by atoms with Crippen LogP contribution in [0.15, 0.2) is 53.9 Å². The number of hydrogen-bond acceptors (Lipinski definition) is 8. The van der Waals surface area contributed by atoms with Crippen molar-refractivity contribution in [2.75, 3.05) is 42.1 Å². The van der Waals surface area contributed by atoms with Gasteiger partial charge in [-0.3, -0.25) is 4.79 Å². The van der Waals surface area contributed by atoms with Crippen LogP contribution in [0.5, 0.6) is 0 Å². The second kappa shape index (κ2) is 10.7. The molecule has 0 radical (unpaired) electrons. The Morgan fingerprint density at radius 3 is 2.55 bits per heavy atom. The molecule has 0 amide bonds. The van der Waals surface area contributed by atoms with Crippen LogP contribution in [0.1, 0.15) is 49.4 Å². The molecule has 2 saturated heterocycles. The number of nitrogens with one attached hydrogen (secondary N) is 1. The molecule has 4 heterocycles. The number of nitrogens with zero attached hydrogens (tertiary/aromatic N) is 4. The van der Waals surface area contributed by atoms with Gasteiger partial charge in [-0.1, -0.05) is 25.1 Å². The fourth-order valence-corrected chi connectivity index (χ4v) is 6.66. The van der Waals surface area contributed by atoms with Gasteiger partial charge in [0.2, 0.25) is 5.95 Å². The fraction of sp³-hybridized carbons (Fsp3) is 0.367. The van der Waals surface area contributed by atoms with E-state index in [1.54, 1.807) is 0 Å². The molecule has 0 bridgehead atoms. The van der Waals surface area contributed by atoms with Crippen LogP contribution in [0, 0.1) is 0 Å². The van der Waals surface area contributed by atoms with E-state index in [0.717, 1.165) is 46.2 Å². The number of nitrogens with two attached hydrogens (primary N) is 1. The Kier molecular flexibility index (Phi) is 7.00. The van der Waals surface area contributed by atoms with Gasteiger partial charge in [0.15, 0.2) is 5.78 Å². The van der Waals surface area contributed by atoms with Gasteiger partial charge in [-0.2, -0.15) is 4.98 Å². The van der Waals surface area contributed by atoms with Crippen molar-refractivity contribution in [3.8, 4) is 11.1 Å². The highest BCUT2D eigenvalue weighted by Crippen LogP contribution is 2.36. The van der Waals surface area contributed by atoms with Crippen LogP contribution in [-0.4, -0.2) is 52.9 Å². The molecule has 0 atom stereocenters. The van der Waals surface area contributed by atoms with Crippen molar-refractivity contribution < 1.29 is 4.79 Å². The number of benzene rings is 2. The number of hydrogen-bond donors (Lipinski definition) is 2. The van der Waals surface area contributed by atoms with Crippen LogP contribution < -0.4 is 16.0 Å². The van der Waals surface area contributed by atoms with E-state index in [1.165, 1.54) is 55.8 Å². The molecule has 2 aromatic heterocycles. The third-order valence-corrected chi connectivity index (χ3v) is 8.86. The van der Waals surface area contributed by atoms with Crippen molar-refractivity contribution >= 4 is 50.5 Å². The maximum atomic E-state index is 12.2. The molecule has 7 nitrogen and oxygen atoms in total. The summed E-state index contributed by atoms with van der Waals surface area (Å²) in [5.74, 6) is 1.05. The zero-order chi connectivity index (χ0) is 26.1. The summed E-state index contributed by atoms with van der Waals surface area (Å²) in [7, 11) is 0. The number of anilines is 4. The summed E-state index contributed by atoms with van der Waals surface area (Å²) in [6, 6.07) is 17.0. The van der Waals surface area contributed by atoms with Crippen LogP contribution in [0.25, 0.3) is 21.3 Å². The SMILES string of the molecule is CCC(=O)c1cccc(-c2csc3c(N)nc(Nc4ccc(N5CCC(N6CCCC6)CC5)cc4)nc23)c1. The topological polar surface area (TPSA) is 87.4 Å². The highest BCUT2D eigenvalue weighted by Gasteiger charge is 2.26. The first kappa shape index (κ1) is 24.8. The first-order chi connectivity index (χ1) is 18.6. The van der Waals surface area contributed by atoms with Crippen molar-refractivity contribution in [3.63, 3.8) is 0 Å². The largest absolute Gasteiger partial charge is 0.382 e. The van der Waals surface area contributed by atoms with Gasteiger partial charge in [-0.15, -0.1) is 11.3 Å². The Hall–Kier alpha value is -3.49. The number of carbonyl (C=O) groups excluding carboxylic acids is 1. The minimum Gasteiger partial charge on any atom is -0.382 e. The lowest BCUT2D eigenvalue weighted by molar-refractivity contribution is 0.0988. The van der Waals surface area contributed by atoms with Crippen molar-refractivity contribution in [3.05, 3.63) is 59.5 Å². The molecule has 2 aliphatic rings. The normalized spacial score (nSPS) is 16.8. The monoisotopic (exact) mass is 526 g/mol. The van der Waals surface area contributed by atoms with Gasteiger partial charge in [-0.25, -0.2) is 4.98 Å². The number of Topliss-reactive ketones (excluding diaryl/α,β-unsaturated/α-hetero) is 1. The number of likely N-dealkylation sites (tertiary alicyclic amines) is 1. The summed E-state index contributed by atoms with van der Waals surface area (Å²) >= 11 is 1.52. The Balaban J connectivity index is 1.18. The second-order valence-electron chi connectivity index (χ2n) is 10.3. The average Bonchev–Trinajstić information content (AvgIpc) is 3.64. The summed E-state index contributed by atoms with van der Waals surface area (Å²) in [4.78, 5) is 26.8. The summed E-state index contributed by atoms with van der Waals surface area (Å²) in [5, 5.41) is 5.38. The summed E-state index contributed by atoms with van der Waals surface area (Å²) < 4.78 is 0.852. The van der Waals surface area contributed by atoms with Crippen molar-refractivity contribution in [1.29, 1.82) is 0 Å². The molecule has 8 heteroatoms. The molecule has 2 aliphatic heterocycles. The van der Waals surface area contributed by atoms with Crippen LogP contribution in [0.3, 0.4) is 0 Å². The molecule has 6 rings (SSSR count). The minimum atomic E-state index is 0.127. The lowest BCUT2D eigenvalue weighted by Crippen LogP contribution is -2.43. The molecule has 0 spiro atoms. The van der Waals surface area contributed by atoms with Crippen LogP contribution in [0.2, 0.25) is 0 Å². The maximum absolute atomic E-state index is 12.2. The zero-order valence-corrected chi connectivity index (χ0v) is 22.6. The number of carbonyl (C=O) groups is 1. The molecule has 0 saturated carbocycles. The van der Waals surface area contributed by atoms with Gasteiger partial charge >= 0.3 is 0 Å². The van der Waals surface area contributed by atoms with Gasteiger partial charge in [0.1, 0.15) is 5.82 Å². The van der Waals surface area contributed by atoms with Gasteiger partial charge in [0.05, 0.1) is 10.2 Å². The van der Waals surface area contributed by atoms with E-state index >= 15 is 0 Å². The predicted molar refractivity (Wildman–Crippen MR) is 158 cm³/mol. The van der Waals surface area contributed by atoms with Crippen LogP contribution in [-0.2, 0) is 0 Å². The van der Waals surface area contributed by atoms with E-state index in [4.69, 9.17) is 10.7 Å². The first-order valence-corrected chi connectivity index (χ1v) is 14.5. The van der Waals surface area contributed by atoms with E-state index in [0.29, 0.717) is 23.8 Å². The number of nitrogen functional groups attached to an aromatic ring is 1. The Bertz CT molecular complexity index is 1440. The molecule has 196 valence electrons. The Morgan fingerprint density at radius 2 is 1.82 bits per heavy atom. The van der Waals surface area contributed by atoms with Gasteiger partial charge < -0.3 is 20.9 Å². The third-order valence-electron chi connectivity index (χ3n) is 7.87. The predicted octanol–water partition coefficient (Wildman–Crippen LogP) is 6.34. The molecule has 2 fully saturated rings. The van der Waals surface area contributed by atoms with E-state index in [9.17, 15) is 4.79 Å². The molecule has 3 N–H and O–H groups in total. The van der Waals surface area contributed by atoms with Crippen LogP contribution in [0.4, 0.5) is 23.1 Å². The standard InChI is InChI=1S/C30H34N6OS/c1-2-26(37)21-7-5-6-20(18-21)25-19-38-28-27(25)33-30(34-29(28)31)32-22-8-10-23(11-9-22)36-16-12-24(13-17-36)35-14-3-4-15-35/h5-11,18-19,24H,2-4,12-17H2,1H3,(H3,31,32,33,34). The first-order valence-electron chi connectivity index (χ1n) is 13.6. The number of fused-ring (bicyclic) bond motifs is 1. The number of aromatic nitrogens is 2. The molecule has 0 unspecified atom stereocenters. The molecular weight excluding hydrogens is 492 g/mol. The highest BCUT2D eigenvalue weighted by molar-refractivity contribution is 7.18. The average molecular weight is 527 g/mol. The minimum absolute atomic E-state index is 0.127. The number of ketones is 1. The van der Waals surface area contributed by atoms with Crippen LogP contribution >= 0.6 is 11.3 Å². The van der Waals surface area contributed by atoms with E-state index in [-0.39, 0.29) is 5.78 Å². The smallest absolute Gasteiger partial charge is 0.229 e. The van der Waals surface area contributed by atoms with Crippen molar-refractivity contribution in [2.24, 2.45) is 0 Å². The van der Waals surface area contributed by atoms with E-state index < -0.39 is 0 Å². The fourth-order valence-electron chi connectivity index (χ4n) is 5.75. The molecule has 4 aromatic rings. The molecule has 0 aliphatic carbocycles. The lowest BCUT2D eigenvalue weighted by atomic mass is 10.0. The van der Waals surface area contributed by atoms with E-state index in [1.807, 2.05) is 36.6 Å². The quantitative estimate of drug-likeness (QED) is 0.272. The zero-order valence-electron chi connectivity index (χ0n) is 21.8. The maximum Gasteiger partial charge on any atom is 0.229 e. The highest BCUT2D eigenvalue weighted by atomic mass is 32.1. The van der Waals surface area contributed by atoms with Crippen molar-refractivity contribution in [2.45, 2.75) is 45.1 Å². The van der Waals surface area contributed by atoms with Crippen molar-refractivity contribution in [1.82, 2.24) is 14.9 Å².